The van der Waals surface area contributed by atoms with Gasteiger partial charge in [-0.2, -0.15) is 0 Å². The largest absolute Gasteiger partial charge is 0.412 e. The predicted molar refractivity (Wildman–Crippen MR) is 12.6 cm³/mol. The van der Waals surface area contributed by atoms with Gasteiger partial charge in [-0.3, -0.25) is 0 Å². The molecule has 0 saturated carbocycles. The SMILES string of the molecule is O.[C].[Mg].[Mn]. The molecule has 0 spiro atoms. The van der Waals surface area contributed by atoms with E-state index in [-0.39, 0.29) is 53.0 Å². The Balaban J connectivity index is 0. The fraction of sp³-hybridized carbons (Fsp3) is 0. The Morgan fingerprint density at radius 1 is 1.00 bits per heavy atom. The van der Waals surface area contributed by atoms with E-state index in [0.29, 0.717) is 0 Å². The Hall–Kier alpha value is 1.25. The zero-order valence-electron chi connectivity index (χ0n) is 2.09. The van der Waals surface area contributed by atoms with Gasteiger partial charge >= 0.3 is 0 Å². The normalized spacial score (nSPS) is 0. The quantitative estimate of drug-likeness (QED) is 0.353. The molecule has 3 heteroatoms. The molecule has 0 bridgehead atoms. The second-order valence-electron chi connectivity index (χ2n) is 0. The van der Waals surface area contributed by atoms with Crippen molar-refractivity contribution in [2.45, 2.75) is 0 Å². The summed E-state index contributed by atoms with van der Waals surface area (Å²) < 4.78 is 0. The van der Waals surface area contributed by atoms with Crippen LogP contribution in [-0.2, 0) is 17.1 Å². The Morgan fingerprint density at radius 3 is 1.00 bits per heavy atom. The molecule has 0 atom stereocenters. The van der Waals surface area contributed by atoms with Crippen molar-refractivity contribution < 1.29 is 22.5 Å². The third-order valence-electron chi connectivity index (χ3n) is 0. The van der Waals surface area contributed by atoms with E-state index in [1.165, 1.54) is 0 Å². The van der Waals surface area contributed by atoms with Gasteiger partial charge in [-0.1, -0.05) is 0 Å². The maximum Gasteiger partial charge on any atom is 0 e. The first-order valence-corrected chi connectivity index (χ1v) is 0. The van der Waals surface area contributed by atoms with Crippen LogP contribution in [-0.4, -0.2) is 28.5 Å². The molecule has 0 unspecified atom stereocenters. The van der Waals surface area contributed by atoms with E-state index in [1.807, 2.05) is 0 Å². The molecule has 0 heterocycles. The summed E-state index contributed by atoms with van der Waals surface area (Å²) in [5.74, 6) is 0. The Kier molecular flexibility index (Phi) is 439. The third kappa shape index (κ3) is 10.5. The van der Waals surface area contributed by atoms with Crippen LogP contribution in [0.25, 0.3) is 0 Å². The van der Waals surface area contributed by atoms with Gasteiger partial charge in [-0.05, 0) is 0 Å². The van der Waals surface area contributed by atoms with Crippen LogP contribution in [0.15, 0.2) is 0 Å². The predicted octanol–water partition coefficient (Wildman–Crippen LogP) is -1.13. The fourth-order valence-corrected chi connectivity index (χ4v) is 0. The minimum atomic E-state index is 0. The second-order valence-corrected chi connectivity index (χ2v) is 0. The van der Waals surface area contributed by atoms with Crippen LogP contribution >= 0.6 is 0 Å². The summed E-state index contributed by atoms with van der Waals surface area (Å²) in [5.41, 5.74) is 0. The van der Waals surface area contributed by atoms with E-state index in [1.54, 1.807) is 0 Å². The van der Waals surface area contributed by atoms with Crippen molar-refractivity contribution in [3.8, 4) is 0 Å². The molecule has 0 aliphatic rings. The molecule has 0 saturated heterocycles. The molecular formula is CH2MgMnO. The molecule has 0 fully saturated rings. The summed E-state index contributed by atoms with van der Waals surface area (Å²) in [6.45, 7) is 0. The molecule has 0 aromatic rings. The fourth-order valence-electron chi connectivity index (χ4n) is 0. The molecular weight excluding hydrogens is 107 g/mol. The van der Waals surface area contributed by atoms with E-state index < -0.39 is 0 Å². The van der Waals surface area contributed by atoms with E-state index in [0.717, 1.165) is 0 Å². The minimum Gasteiger partial charge on any atom is -0.412 e. The average molecular weight is 109 g/mol. The number of rotatable bonds is 0. The maximum atomic E-state index is 0. The zero-order valence-corrected chi connectivity index (χ0v) is 4.68. The van der Waals surface area contributed by atoms with Crippen molar-refractivity contribution in [1.82, 2.24) is 0 Å². The Labute approximate surface area is 53.1 Å². The van der Waals surface area contributed by atoms with Crippen molar-refractivity contribution in [2.24, 2.45) is 0 Å². The first-order chi connectivity index (χ1) is 0. The van der Waals surface area contributed by atoms with Gasteiger partial charge in [0, 0.05) is 47.5 Å². The van der Waals surface area contributed by atoms with Crippen molar-refractivity contribution in [3.05, 3.63) is 7.43 Å². The van der Waals surface area contributed by atoms with Gasteiger partial charge in [-0.25, -0.2) is 0 Å². The number of hydrogen-bond acceptors (Lipinski definition) is 0. The van der Waals surface area contributed by atoms with Crippen LogP contribution in [0, 0.1) is 7.43 Å². The van der Waals surface area contributed by atoms with E-state index in [4.69, 9.17) is 0 Å². The van der Waals surface area contributed by atoms with Crippen LogP contribution in [0.1, 0.15) is 0 Å². The minimum absolute atomic E-state index is 0. The van der Waals surface area contributed by atoms with Crippen molar-refractivity contribution in [2.75, 3.05) is 0 Å². The van der Waals surface area contributed by atoms with Gasteiger partial charge in [0.2, 0.25) is 0 Å². The monoisotopic (exact) mass is 109 g/mol. The van der Waals surface area contributed by atoms with Crippen molar-refractivity contribution >= 4 is 23.1 Å². The van der Waals surface area contributed by atoms with Gasteiger partial charge in [0.05, 0.1) is 0 Å². The second kappa shape index (κ2) is 28.8. The molecule has 0 aromatic heterocycles. The maximum absolute atomic E-state index is 0. The van der Waals surface area contributed by atoms with Gasteiger partial charge < -0.3 is 5.48 Å². The summed E-state index contributed by atoms with van der Waals surface area (Å²) in [6.07, 6.45) is 0. The summed E-state index contributed by atoms with van der Waals surface area (Å²) >= 11 is 0. The zero-order chi connectivity index (χ0) is 0. The Bertz CT molecular complexity index is 8.00. The molecule has 0 aromatic carbocycles. The standard InChI is InChI=1S/C.Mg.Mn.H2O/h;;;1H2. The molecule has 2 N–H and O–H groups in total. The average Bonchev–Trinajstić information content (AvgIpc) is 0. The Morgan fingerprint density at radius 2 is 1.00 bits per heavy atom. The molecule has 0 aliphatic carbocycles. The molecule has 7 radical (unpaired) electrons. The first-order valence-electron chi connectivity index (χ1n) is 0. The first kappa shape index (κ1) is 60.9. The summed E-state index contributed by atoms with van der Waals surface area (Å²) in [5, 5.41) is 0. The van der Waals surface area contributed by atoms with Crippen molar-refractivity contribution in [1.29, 1.82) is 0 Å². The van der Waals surface area contributed by atoms with E-state index in [9.17, 15) is 0 Å². The third-order valence-corrected chi connectivity index (χ3v) is 0. The molecule has 1 nitrogen and oxygen atoms in total. The molecule has 0 rings (SSSR count). The molecule has 21 valence electrons. The van der Waals surface area contributed by atoms with Crippen LogP contribution in [0.4, 0.5) is 0 Å². The van der Waals surface area contributed by atoms with Gasteiger partial charge in [-0.15, -0.1) is 0 Å². The van der Waals surface area contributed by atoms with E-state index in [2.05, 4.69) is 0 Å². The summed E-state index contributed by atoms with van der Waals surface area (Å²) in [6, 6.07) is 0. The van der Waals surface area contributed by atoms with Crippen LogP contribution < -0.4 is 0 Å². The smallest absolute Gasteiger partial charge is 0 e. The van der Waals surface area contributed by atoms with Gasteiger partial charge in [0.15, 0.2) is 0 Å². The van der Waals surface area contributed by atoms with Crippen LogP contribution in [0.2, 0.25) is 0 Å². The van der Waals surface area contributed by atoms with Crippen LogP contribution in [0.5, 0.6) is 0 Å². The van der Waals surface area contributed by atoms with Gasteiger partial charge in [0.1, 0.15) is 0 Å². The summed E-state index contributed by atoms with van der Waals surface area (Å²) in [4.78, 5) is 0. The summed E-state index contributed by atoms with van der Waals surface area (Å²) in [7, 11) is 0. The van der Waals surface area contributed by atoms with Crippen LogP contribution in [0.3, 0.4) is 0 Å². The number of hydrogen-bond donors (Lipinski definition) is 0. The van der Waals surface area contributed by atoms with Crippen molar-refractivity contribution in [3.63, 3.8) is 0 Å². The molecule has 0 aliphatic heterocycles. The molecule has 4 heavy (non-hydrogen) atoms. The topological polar surface area (TPSA) is 31.5 Å². The van der Waals surface area contributed by atoms with E-state index >= 15 is 0 Å². The molecule has 0 amide bonds. The van der Waals surface area contributed by atoms with Gasteiger partial charge in [0.25, 0.3) is 0 Å².